The molecule has 16 heteroatoms. The molecule has 2 atom stereocenters. The van der Waals surface area contributed by atoms with Crippen LogP contribution in [0.3, 0.4) is 0 Å². The summed E-state index contributed by atoms with van der Waals surface area (Å²) >= 11 is 0.987. The van der Waals surface area contributed by atoms with Gasteiger partial charge in [0, 0.05) is 51.9 Å². The van der Waals surface area contributed by atoms with Crippen LogP contribution in [0.2, 0.25) is 0 Å². The summed E-state index contributed by atoms with van der Waals surface area (Å²) in [5.41, 5.74) is -0.619. The molecule has 1 unspecified atom stereocenters. The molecule has 2 amide bonds. The molecule has 5 aromatic rings. The van der Waals surface area contributed by atoms with Crippen LogP contribution in [0.25, 0.3) is 32.2 Å². The highest BCUT2D eigenvalue weighted by molar-refractivity contribution is 7.17. The number of primary amides is 1. The summed E-state index contributed by atoms with van der Waals surface area (Å²) in [4.78, 5) is 30.1. The lowest BCUT2D eigenvalue weighted by atomic mass is 9.81. The fourth-order valence-electron chi connectivity index (χ4n) is 5.76. The zero-order chi connectivity index (χ0) is 34.4. The number of methoxy groups -OCH3 is 1. The van der Waals surface area contributed by atoms with Crippen LogP contribution in [0.1, 0.15) is 41.4 Å². The average Bonchev–Trinajstić information content (AvgIpc) is 3.37. The number of fused-ring (bicyclic) bond motifs is 3. The molecule has 2 aliphatic rings. The second-order valence-electron chi connectivity index (χ2n) is 12.1. The summed E-state index contributed by atoms with van der Waals surface area (Å²) in [6.07, 6.45) is -3.51. The zero-order valence-electron chi connectivity index (χ0n) is 25.2. The number of alkyl halides is 4. The molecule has 3 aromatic heterocycles. The predicted molar refractivity (Wildman–Crippen MR) is 164 cm³/mol. The van der Waals surface area contributed by atoms with Gasteiger partial charge in [0.2, 0.25) is 17.3 Å². The topological polar surface area (TPSA) is 142 Å². The van der Waals surface area contributed by atoms with Crippen molar-refractivity contribution in [2.75, 3.05) is 20.3 Å². The quantitative estimate of drug-likeness (QED) is 0.191. The van der Waals surface area contributed by atoms with E-state index in [1.165, 1.54) is 49.9 Å². The van der Waals surface area contributed by atoms with E-state index in [4.69, 9.17) is 15.2 Å². The van der Waals surface area contributed by atoms with Crippen LogP contribution in [0.5, 0.6) is 11.5 Å². The van der Waals surface area contributed by atoms with Crippen molar-refractivity contribution in [3.8, 4) is 22.8 Å². The first-order valence-electron chi connectivity index (χ1n) is 14.6. The Morgan fingerprint density at radius 2 is 1.98 bits per heavy atom. The highest BCUT2D eigenvalue weighted by Crippen LogP contribution is 2.50. The van der Waals surface area contributed by atoms with Crippen LogP contribution in [0.15, 0.2) is 48.0 Å². The third-order valence-corrected chi connectivity index (χ3v) is 9.95. The SMILES string of the molecule is COc1cc(C(=O)NCC(O)(c2cc3c(c(-c4csc5c(F)cccc45)n2)OC[C@]3(C)C(N)=O)C(F)(F)F)cc2cn(C3(F)CC3)nc12. The summed E-state index contributed by atoms with van der Waals surface area (Å²) < 4.78 is 86.4. The van der Waals surface area contributed by atoms with Crippen LogP contribution in [-0.2, 0) is 21.6 Å². The van der Waals surface area contributed by atoms with E-state index < -0.39 is 52.9 Å². The molecule has 2 aromatic carbocycles. The number of pyridine rings is 1. The Morgan fingerprint density at radius 3 is 2.65 bits per heavy atom. The number of rotatable bonds is 8. The standard InChI is InChI=1S/C32H26F5N5O5S/c1-29(28(38)44)14-47-25-19(29)10-22(40-24(25)18-12-48-26-17(18)4-3-5-20(26)33)31(45,32(35,36)37)13-39-27(43)15-8-16-11-42(30(34)6-7-30)41-23(16)21(9-15)46-2/h3-5,8-12,45H,6-7,13-14H2,1-2H3,(H2,38,44)(H,39,43)/t29-,31?/m0/s1. The number of nitrogens with two attached hydrogens (primary N) is 1. The van der Waals surface area contributed by atoms with E-state index in [2.05, 4.69) is 15.4 Å². The van der Waals surface area contributed by atoms with Crippen LogP contribution < -0.4 is 20.5 Å². The first-order chi connectivity index (χ1) is 22.6. The lowest BCUT2D eigenvalue weighted by Crippen LogP contribution is -2.51. The highest BCUT2D eigenvalue weighted by atomic mass is 32.1. The minimum atomic E-state index is -5.41. The van der Waals surface area contributed by atoms with Crippen molar-refractivity contribution in [3.63, 3.8) is 0 Å². The Balaban J connectivity index is 1.31. The van der Waals surface area contributed by atoms with Crippen LogP contribution in [0.4, 0.5) is 22.0 Å². The van der Waals surface area contributed by atoms with E-state index in [1.54, 1.807) is 6.07 Å². The number of halogens is 5. The normalized spacial score (nSPS) is 19.5. The molecule has 0 spiro atoms. The number of aromatic nitrogens is 3. The Hall–Kier alpha value is -4.83. The molecule has 250 valence electrons. The van der Waals surface area contributed by atoms with Gasteiger partial charge in [0.15, 0.2) is 0 Å². The zero-order valence-corrected chi connectivity index (χ0v) is 26.1. The molecule has 1 aliphatic heterocycles. The number of aliphatic hydroxyl groups is 1. The Labute approximate surface area is 272 Å². The van der Waals surface area contributed by atoms with Crippen molar-refractivity contribution >= 4 is 44.1 Å². The van der Waals surface area contributed by atoms with E-state index in [9.17, 15) is 36.6 Å². The smallest absolute Gasteiger partial charge is 0.424 e. The molecule has 4 heterocycles. The van der Waals surface area contributed by atoms with Crippen LogP contribution in [-0.4, -0.2) is 58.1 Å². The maximum atomic E-state index is 14.9. The summed E-state index contributed by atoms with van der Waals surface area (Å²) in [6, 6.07) is 7.65. The minimum absolute atomic E-state index is 0.0419. The van der Waals surface area contributed by atoms with Gasteiger partial charge in [-0.3, -0.25) is 9.59 Å². The Morgan fingerprint density at radius 1 is 1.23 bits per heavy atom. The average molecular weight is 688 g/mol. The van der Waals surface area contributed by atoms with Gasteiger partial charge in [-0.05, 0) is 31.2 Å². The summed E-state index contributed by atoms with van der Waals surface area (Å²) in [5.74, 6) is -4.09. The van der Waals surface area contributed by atoms with Crippen molar-refractivity contribution < 1.29 is 46.1 Å². The molecule has 7 rings (SSSR count). The van der Waals surface area contributed by atoms with Gasteiger partial charge in [0.25, 0.3) is 5.91 Å². The number of carbonyl (C=O) groups is 2. The third-order valence-electron chi connectivity index (χ3n) is 8.95. The molecule has 48 heavy (non-hydrogen) atoms. The van der Waals surface area contributed by atoms with Gasteiger partial charge in [0.1, 0.15) is 40.5 Å². The molecular weight excluding hydrogens is 661 g/mol. The molecule has 0 radical (unpaired) electrons. The molecule has 10 nitrogen and oxygen atoms in total. The van der Waals surface area contributed by atoms with Crippen molar-refractivity contribution in [1.29, 1.82) is 0 Å². The summed E-state index contributed by atoms with van der Waals surface area (Å²) in [7, 11) is 1.30. The van der Waals surface area contributed by atoms with Gasteiger partial charge in [-0.15, -0.1) is 11.3 Å². The monoisotopic (exact) mass is 687 g/mol. The number of thiophene rings is 1. The largest absolute Gasteiger partial charge is 0.494 e. The van der Waals surface area contributed by atoms with Gasteiger partial charge < -0.3 is 25.6 Å². The van der Waals surface area contributed by atoms with E-state index in [-0.39, 0.29) is 63.5 Å². The number of ether oxygens (including phenoxy) is 2. The van der Waals surface area contributed by atoms with Crippen molar-refractivity contribution in [2.24, 2.45) is 5.73 Å². The first-order valence-corrected chi connectivity index (χ1v) is 15.5. The molecule has 0 saturated heterocycles. The summed E-state index contributed by atoms with van der Waals surface area (Å²) in [5, 5.41) is 19.9. The molecule has 1 aliphatic carbocycles. The molecule has 0 bridgehead atoms. The summed E-state index contributed by atoms with van der Waals surface area (Å²) in [6.45, 7) is -0.340. The van der Waals surface area contributed by atoms with Gasteiger partial charge >= 0.3 is 6.18 Å². The van der Waals surface area contributed by atoms with Crippen molar-refractivity contribution in [3.05, 3.63) is 70.6 Å². The molecule has 1 fully saturated rings. The number of hydrogen-bond acceptors (Lipinski definition) is 8. The molecular formula is C32H26F5N5O5S. The lowest BCUT2D eigenvalue weighted by Gasteiger charge is -2.31. The highest BCUT2D eigenvalue weighted by Gasteiger charge is 2.58. The Bertz CT molecular complexity index is 2160. The molecule has 4 N–H and O–H groups in total. The number of hydrogen-bond donors (Lipinski definition) is 3. The molecule has 1 saturated carbocycles. The van der Waals surface area contributed by atoms with Gasteiger partial charge in [0.05, 0.1) is 24.0 Å². The van der Waals surface area contributed by atoms with Gasteiger partial charge in [-0.25, -0.2) is 18.4 Å². The van der Waals surface area contributed by atoms with E-state index in [1.807, 2.05) is 0 Å². The second kappa shape index (κ2) is 10.6. The van der Waals surface area contributed by atoms with Crippen LogP contribution in [0, 0.1) is 5.82 Å². The minimum Gasteiger partial charge on any atom is -0.494 e. The number of amides is 2. The van der Waals surface area contributed by atoms with Crippen LogP contribution >= 0.6 is 11.3 Å². The fourth-order valence-corrected chi connectivity index (χ4v) is 6.72. The number of nitrogens with zero attached hydrogens (tertiary/aromatic N) is 3. The van der Waals surface area contributed by atoms with E-state index in [0.717, 1.165) is 22.1 Å². The van der Waals surface area contributed by atoms with Gasteiger partial charge in [-0.1, -0.05) is 12.1 Å². The Kier molecular flexibility index (Phi) is 7.00. The third kappa shape index (κ3) is 4.76. The van der Waals surface area contributed by atoms with E-state index in [0.29, 0.717) is 10.8 Å². The fraction of sp³-hybridized carbons (Fsp3) is 0.312. The maximum absolute atomic E-state index is 14.9. The second-order valence-corrected chi connectivity index (χ2v) is 13.0. The van der Waals surface area contributed by atoms with Crippen molar-refractivity contribution in [2.45, 2.75) is 42.8 Å². The maximum Gasteiger partial charge on any atom is 0.424 e. The first kappa shape index (κ1) is 31.8. The number of carbonyl (C=O) groups excluding carboxylic acids is 2. The van der Waals surface area contributed by atoms with E-state index >= 15 is 0 Å². The van der Waals surface area contributed by atoms with Gasteiger partial charge in [-0.2, -0.15) is 18.3 Å². The predicted octanol–water partition coefficient (Wildman–Crippen LogP) is 5.19. The lowest BCUT2D eigenvalue weighted by molar-refractivity contribution is -0.265. The van der Waals surface area contributed by atoms with Crippen molar-refractivity contribution in [1.82, 2.24) is 20.1 Å². The number of benzene rings is 2. The number of nitrogens with one attached hydrogen (secondary N) is 1.